The van der Waals surface area contributed by atoms with Crippen molar-refractivity contribution in [1.82, 2.24) is 10.2 Å². The first kappa shape index (κ1) is 16.6. The van der Waals surface area contributed by atoms with E-state index in [1.807, 2.05) is 26.0 Å². The fourth-order valence-corrected chi connectivity index (χ4v) is 2.51. The standard InChI is InChI=1S/C16H16N4O2S/c1-10(2)15-19-20-16(23-15)18-14(21)12(9-17)8-11-6-4-5-7-13(11)22-3/h4-8,10H,1-3H3,(H,18,20,21)/b12-8+. The molecule has 1 aromatic carbocycles. The number of hydrogen-bond donors (Lipinski definition) is 1. The van der Waals surface area contributed by atoms with Crippen LogP contribution in [0.15, 0.2) is 29.8 Å². The number of nitrogens with zero attached hydrogens (tertiary/aromatic N) is 3. The van der Waals surface area contributed by atoms with Gasteiger partial charge in [-0.05, 0) is 12.1 Å². The van der Waals surface area contributed by atoms with E-state index in [9.17, 15) is 10.1 Å². The number of nitriles is 1. The van der Waals surface area contributed by atoms with Gasteiger partial charge in [-0.1, -0.05) is 43.4 Å². The quantitative estimate of drug-likeness (QED) is 0.672. The van der Waals surface area contributed by atoms with E-state index >= 15 is 0 Å². The summed E-state index contributed by atoms with van der Waals surface area (Å²) in [6.45, 7) is 3.99. The third-order valence-corrected chi connectivity index (χ3v) is 4.10. The fourth-order valence-electron chi connectivity index (χ4n) is 1.77. The molecule has 1 N–H and O–H groups in total. The molecule has 0 bridgehead atoms. The fraction of sp³-hybridized carbons (Fsp3) is 0.250. The third kappa shape index (κ3) is 4.14. The van der Waals surface area contributed by atoms with Crippen molar-refractivity contribution in [3.8, 4) is 11.8 Å². The first-order valence-electron chi connectivity index (χ1n) is 6.94. The summed E-state index contributed by atoms with van der Waals surface area (Å²) in [6, 6.07) is 9.06. The highest BCUT2D eigenvalue weighted by molar-refractivity contribution is 7.15. The maximum atomic E-state index is 12.2. The molecule has 0 fully saturated rings. The number of carbonyl (C=O) groups excluding carboxylic acids is 1. The number of amides is 1. The lowest BCUT2D eigenvalue weighted by Gasteiger charge is -2.04. The molecule has 1 amide bonds. The van der Waals surface area contributed by atoms with Crippen LogP contribution in [0.1, 0.15) is 30.3 Å². The molecular formula is C16H16N4O2S. The Bertz CT molecular complexity index is 774. The molecule has 0 saturated heterocycles. The predicted octanol–water partition coefficient (Wildman–Crippen LogP) is 3.22. The monoisotopic (exact) mass is 328 g/mol. The van der Waals surface area contributed by atoms with Crippen molar-refractivity contribution in [3.63, 3.8) is 0 Å². The molecule has 1 heterocycles. The molecular weight excluding hydrogens is 312 g/mol. The minimum absolute atomic E-state index is 0.0317. The highest BCUT2D eigenvalue weighted by atomic mass is 32.1. The lowest BCUT2D eigenvalue weighted by atomic mass is 10.1. The Morgan fingerprint density at radius 3 is 2.74 bits per heavy atom. The van der Waals surface area contributed by atoms with Gasteiger partial charge in [0.2, 0.25) is 5.13 Å². The second kappa shape index (κ2) is 7.51. The van der Waals surface area contributed by atoms with E-state index < -0.39 is 5.91 Å². The number of hydrogen-bond acceptors (Lipinski definition) is 6. The van der Waals surface area contributed by atoms with Crippen molar-refractivity contribution >= 4 is 28.5 Å². The molecule has 23 heavy (non-hydrogen) atoms. The van der Waals surface area contributed by atoms with Crippen LogP contribution >= 0.6 is 11.3 Å². The molecule has 0 aliphatic heterocycles. The summed E-state index contributed by atoms with van der Waals surface area (Å²) in [5, 5.41) is 20.9. The summed E-state index contributed by atoms with van der Waals surface area (Å²) in [5.41, 5.74) is 0.623. The number of benzene rings is 1. The van der Waals surface area contributed by atoms with Gasteiger partial charge in [-0.3, -0.25) is 10.1 Å². The third-order valence-electron chi connectivity index (χ3n) is 2.96. The molecule has 0 spiro atoms. The Kier molecular flexibility index (Phi) is 5.44. The first-order valence-corrected chi connectivity index (χ1v) is 7.76. The van der Waals surface area contributed by atoms with E-state index in [1.54, 1.807) is 18.2 Å². The van der Waals surface area contributed by atoms with Crippen molar-refractivity contribution in [2.45, 2.75) is 19.8 Å². The van der Waals surface area contributed by atoms with E-state index in [0.29, 0.717) is 16.4 Å². The van der Waals surface area contributed by atoms with Gasteiger partial charge >= 0.3 is 0 Å². The summed E-state index contributed by atoms with van der Waals surface area (Å²) in [4.78, 5) is 12.2. The highest BCUT2D eigenvalue weighted by Gasteiger charge is 2.14. The van der Waals surface area contributed by atoms with Crippen LogP contribution in [0.2, 0.25) is 0 Å². The van der Waals surface area contributed by atoms with Crippen molar-refractivity contribution in [2.24, 2.45) is 0 Å². The van der Waals surface area contributed by atoms with Gasteiger partial charge in [0.25, 0.3) is 5.91 Å². The van der Waals surface area contributed by atoms with E-state index in [0.717, 1.165) is 5.01 Å². The summed E-state index contributed by atoms with van der Waals surface area (Å²) < 4.78 is 5.21. The van der Waals surface area contributed by atoms with Crippen LogP contribution in [0.5, 0.6) is 5.75 Å². The number of anilines is 1. The zero-order chi connectivity index (χ0) is 16.8. The van der Waals surface area contributed by atoms with Crippen molar-refractivity contribution < 1.29 is 9.53 Å². The van der Waals surface area contributed by atoms with E-state index in [4.69, 9.17) is 4.74 Å². The molecule has 7 heteroatoms. The molecule has 118 valence electrons. The van der Waals surface area contributed by atoms with Gasteiger partial charge in [-0.15, -0.1) is 10.2 Å². The van der Waals surface area contributed by atoms with Crippen LogP contribution < -0.4 is 10.1 Å². The van der Waals surface area contributed by atoms with E-state index in [-0.39, 0.29) is 11.5 Å². The molecule has 0 unspecified atom stereocenters. The van der Waals surface area contributed by atoms with Crippen LogP contribution in [-0.2, 0) is 4.79 Å². The summed E-state index contributed by atoms with van der Waals surface area (Å²) in [5.74, 6) is 0.300. The normalized spacial score (nSPS) is 11.2. The number of methoxy groups -OCH3 is 1. The molecule has 2 aromatic rings. The summed E-state index contributed by atoms with van der Waals surface area (Å²) >= 11 is 1.30. The Hall–Kier alpha value is -2.72. The summed E-state index contributed by atoms with van der Waals surface area (Å²) in [6.07, 6.45) is 1.48. The van der Waals surface area contributed by atoms with E-state index in [2.05, 4.69) is 15.5 Å². The average Bonchev–Trinajstić information content (AvgIpc) is 3.01. The van der Waals surface area contributed by atoms with Crippen LogP contribution in [0.25, 0.3) is 6.08 Å². The SMILES string of the molecule is COc1ccccc1/C=C(\C#N)C(=O)Nc1nnc(C(C)C)s1. The Balaban J connectivity index is 2.21. The number of carbonyl (C=O) groups is 1. The van der Waals surface area contributed by atoms with Gasteiger partial charge in [-0.25, -0.2) is 0 Å². The van der Waals surface area contributed by atoms with Gasteiger partial charge in [-0.2, -0.15) is 5.26 Å². The largest absolute Gasteiger partial charge is 0.496 e. The number of para-hydroxylation sites is 1. The predicted molar refractivity (Wildman–Crippen MR) is 89.2 cm³/mol. The average molecular weight is 328 g/mol. The molecule has 2 rings (SSSR count). The first-order chi connectivity index (χ1) is 11.0. The number of nitrogens with one attached hydrogen (secondary N) is 1. The van der Waals surface area contributed by atoms with Gasteiger partial charge in [0.15, 0.2) is 0 Å². The van der Waals surface area contributed by atoms with Crippen LogP contribution in [0.4, 0.5) is 5.13 Å². The van der Waals surface area contributed by atoms with Crippen LogP contribution in [0, 0.1) is 11.3 Å². The van der Waals surface area contributed by atoms with Crippen molar-refractivity contribution in [2.75, 3.05) is 12.4 Å². The lowest BCUT2D eigenvalue weighted by Crippen LogP contribution is -2.13. The minimum Gasteiger partial charge on any atom is -0.496 e. The Morgan fingerprint density at radius 2 is 2.13 bits per heavy atom. The van der Waals surface area contributed by atoms with Gasteiger partial charge in [0, 0.05) is 11.5 Å². The number of ether oxygens (including phenoxy) is 1. The van der Waals surface area contributed by atoms with Gasteiger partial charge in [0.1, 0.15) is 22.4 Å². The zero-order valence-corrected chi connectivity index (χ0v) is 13.8. The Morgan fingerprint density at radius 1 is 1.39 bits per heavy atom. The molecule has 0 aliphatic rings. The molecule has 0 aliphatic carbocycles. The molecule has 6 nitrogen and oxygen atoms in total. The van der Waals surface area contributed by atoms with Gasteiger partial charge < -0.3 is 4.74 Å². The minimum atomic E-state index is -0.523. The molecule has 0 atom stereocenters. The maximum absolute atomic E-state index is 12.2. The second-order valence-corrected chi connectivity index (χ2v) is 5.98. The topological polar surface area (TPSA) is 87.9 Å². The zero-order valence-electron chi connectivity index (χ0n) is 13.0. The lowest BCUT2D eigenvalue weighted by molar-refractivity contribution is -0.112. The number of rotatable bonds is 5. The Labute approximate surface area is 138 Å². The van der Waals surface area contributed by atoms with E-state index in [1.165, 1.54) is 24.5 Å². The van der Waals surface area contributed by atoms with Crippen LogP contribution in [-0.4, -0.2) is 23.2 Å². The smallest absolute Gasteiger partial charge is 0.268 e. The highest BCUT2D eigenvalue weighted by Crippen LogP contribution is 2.24. The number of aromatic nitrogens is 2. The van der Waals surface area contributed by atoms with Crippen molar-refractivity contribution in [1.29, 1.82) is 5.26 Å². The van der Waals surface area contributed by atoms with Crippen LogP contribution in [0.3, 0.4) is 0 Å². The molecule has 0 radical (unpaired) electrons. The molecule has 1 aromatic heterocycles. The van der Waals surface area contributed by atoms with Gasteiger partial charge in [0.05, 0.1) is 7.11 Å². The summed E-state index contributed by atoms with van der Waals surface area (Å²) in [7, 11) is 1.54. The second-order valence-electron chi connectivity index (χ2n) is 4.97. The van der Waals surface area contributed by atoms with Crippen molar-refractivity contribution in [3.05, 3.63) is 40.4 Å². The molecule has 0 saturated carbocycles. The maximum Gasteiger partial charge on any atom is 0.268 e.